The number of nitrogens with zero attached hydrogens (tertiary/aromatic N) is 3. The monoisotopic (exact) mass is 260 g/mol. The van der Waals surface area contributed by atoms with Crippen LogP contribution >= 0.6 is 0 Å². The molecule has 8 nitrogen and oxygen atoms in total. The summed E-state index contributed by atoms with van der Waals surface area (Å²) >= 11 is 0. The topological polar surface area (TPSA) is 129 Å². The Morgan fingerprint density at radius 1 is 1.42 bits per heavy atom. The van der Waals surface area contributed by atoms with Gasteiger partial charge in [0.1, 0.15) is 0 Å². The van der Waals surface area contributed by atoms with E-state index in [-0.39, 0.29) is 17.4 Å². The van der Waals surface area contributed by atoms with Gasteiger partial charge in [-0.2, -0.15) is 15.4 Å². The van der Waals surface area contributed by atoms with E-state index in [0.717, 1.165) is 5.56 Å². The van der Waals surface area contributed by atoms with E-state index in [1.807, 2.05) is 0 Å². The third kappa shape index (κ3) is 3.06. The van der Waals surface area contributed by atoms with Crippen molar-refractivity contribution in [3.63, 3.8) is 0 Å². The van der Waals surface area contributed by atoms with Crippen molar-refractivity contribution in [2.24, 2.45) is 10.9 Å². The second kappa shape index (κ2) is 5.63. The van der Waals surface area contributed by atoms with E-state index in [1.54, 1.807) is 24.3 Å². The number of oxime groups is 1. The molecule has 2 rings (SSSR count). The fourth-order valence-electron chi connectivity index (χ4n) is 1.44. The van der Waals surface area contributed by atoms with E-state index >= 15 is 0 Å². The Kier molecular flexibility index (Phi) is 3.72. The van der Waals surface area contributed by atoms with Gasteiger partial charge >= 0.3 is 0 Å². The molecule has 98 valence electrons. The molecule has 0 aliphatic heterocycles. The molecule has 5 N–H and O–H groups in total. The lowest BCUT2D eigenvalue weighted by atomic mass is 10.1. The van der Waals surface area contributed by atoms with Gasteiger partial charge in [-0.1, -0.05) is 29.4 Å². The van der Waals surface area contributed by atoms with Crippen LogP contribution in [-0.4, -0.2) is 32.4 Å². The number of hydrogen-bond donors (Lipinski definition) is 4. The van der Waals surface area contributed by atoms with Crippen LogP contribution in [0.2, 0.25) is 0 Å². The van der Waals surface area contributed by atoms with Gasteiger partial charge in [-0.05, 0) is 5.56 Å². The summed E-state index contributed by atoms with van der Waals surface area (Å²) < 4.78 is 0. The number of aromatic nitrogens is 3. The number of carbonyl (C=O) groups excluding carboxylic acids is 1. The van der Waals surface area contributed by atoms with Crippen LogP contribution in [0.3, 0.4) is 0 Å². The van der Waals surface area contributed by atoms with Gasteiger partial charge in [0.05, 0.1) is 6.20 Å². The Morgan fingerprint density at radius 2 is 2.16 bits per heavy atom. The molecule has 0 saturated carbocycles. The Labute approximate surface area is 108 Å². The van der Waals surface area contributed by atoms with Gasteiger partial charge in [-0.25, -0.2) is 0 Å². The summed E-state index contributed by atoms with van der Waals surface area (Å²) in [5.41, 5.74) is 7.16. The largest absolute Gasteiger partial charge is 0.409 e. The van der Waals surface area contributed by atoms with Crippen molar-refractivity contribution in [3.8, 4) is 0 Å². The molecule has 1 aromatic carbocycles. The minimum Gasteiger partial charge on any atom is -0.409 e. The van der Waals surface area contributed by atoms with Crippen molar-refractivity contribution < 1.29 is 10.0 Å². The highest BCUT2D eigenvalue weighted by atomic mass is 16.4. The summed E-state index contributed by atoms with van der Waals surface area (Å²) in [4.78, 5) is 11.6. The van der Waals surface area contributed by atoms with Crippen molar-refractivity contribution in [2.75, 3.05) is 0 Å². The third-order valence-corrected chi connectivity index (χ3v) is 2.46. The van der Waals surface area contributed by atoms with Crippen molar-refractivity contribution in [1.82, 2.24) is 20.7 Å². The Morgan fingerprint density at radius 3 is 2.74 bits per heavy atom. The van der Waals surface area contributed by atoms with E-state index in [4.69, 9.17) is 10.9 Å². The van der Waals surface area contributed by atoms with Crippen molar-refractivity contribution in [1.29, 1.82) is 0 Å². The zero-order chi connectivity index (χ0) is 13.7. The van der Waals surface area contributed by atoms with Gasteiger partial charge in [-0.3, -0.25) is 4.79 Å². The number of carbonyl (C=O) groups is 1. The number of H-pyrrole nitrogens is 1. The average Bonchev–Trinajstić information content (AvgIpc) is 2.98. The summed E-state index contributed by atoms with van der Waals surface area (Å²) in [5, 5.41) is 23.7. The SMILES string of the molecule is NC(=NO)c1ccc(CNC(=O)c2cn[nH]n2)cc1. The molecule has 0 saturated heterocycles. The van der Waals surface area contributed by atoms with Gasteiger partial charge in [0.2, 0.25) is 0 Å². The van der Waals surface area contributed by atoms with E-state index in [1.165, 1.54) is 6.20 Å². The van der Waals surface area contributed by atoms with E-state index < -0.39 is 0 Å². The molecule has 1 aromatic heterocycles. The van der Waals surface area contributed by atoms with Crippen molar-refractivity contribution in [2.45, 2.75) is 6.54 Å². The van der Waals surface area contributed by atoms with Crippen molar-refractivity contribution in [3.05, 3.63) is 47.3 Å². The molecule has 0 fully saturated rings. The van der Waals surface area contributed by atoms with Gasteiger partial charge in [-0.15, -0.1) is 0 Å². The highest BCUT2D eigenvalue weighted by Crippen LogP contribution is 2.04. The van der Waals surface area contributed by atoms with Crippen LogP contribution < -0.4 is 11.1 Å². The standard InChI is InChI=1S/C11H12N6O2/c12-10(16-19)8-3-1-7(2-4-8)5-13-11(18)9-6-14-17-15-9/h1-4,6,19H,5H2,(H2,12,16)(H,13,18)(H,14,15,17). The molecule has 2 aromatic rings. The summed E-state index contributed by atoms with van der Waals surface area (Å²) in [7, 11) is 0. The molecule has 0 aliphatic carbocycles. The molecular weight excluding hydrogens is 248 g/mol. The quantitative estimate of drug-likeness (QED) is 0.262. The number of aromatic amines is 1. The predicted octanol–water partition coefficient (Wildman–Crippen LogP) is -0.171. The van der Waals surface area contributed by atoms with Gasteiger partial charge in [0.15, 0.2) is 11.5 Å². The lowest BCUT2D eigenvalue weighted by molar-refractivity contribution is 0.0946. The first-order valence-electron chi connectivity index (χ1n) is 5.41. The third-order valence-electron chi connectivity index (χ3n) is 2.46. The number of nitrogens with one attached hydrogen (secondary N) is 2. The molecule has 8 heteroatoms. The van der Waals surface area contributed by atoms with Gasteiger partial charge < -0.3 is 16.3 Å². The number of rotatable bonds is 4. The maximum atomic E-state index is 11.6. The summed E-state index contributed by atoms with van der Waals surface area (Å²) in [6, 6.07) is 6.95. The first-order chi connectivity index (χ1) is 9.20. The lowest BCUT2D eigenvalue weighted by Gasteiger charge is -2.04. The minimum absolute atomic E-state index is 0.0400. The molecule has 0 radical (unpaired) electrons. The highest BCUT2D eigenvalue weighted by molar-refractivity contribution is 5.97. The van der Waals surface area contributed by atoms with Crippen LogP contribution in [0.4, 0.5) is 0 Å². The Bertz CT molecular complexity index is 576. The molecule has 0 aliphatic rings. The molecular formula is C11H12N6O2. The molecule has 19 heavy (non-hydrogen) atoms. The molecule has 1 heterocycles. The second-order valence-corrected chi connectivity index (χ2v) is 3.72. The number of benzene rings is 1. The number of hydrogen-bond acceptors (Lipinski definition) is 5. The van der Waals surface area contributed by atoms with E-state index in [2.05, 4.69) is 25.9 Å². The fourth-order valence-corrected chi connectivity index (χ4v) is 1.44. The van der Waals surface area contributed by atoms with E-state index in [0.29, 0.717) is 12.1 Å². The van der Waals surface area contributed by atoms with Gasteiger partial charge in [0, 0.05) is 12.1 Å². The maximum absolute atomic E-state index is 11.6. The number of amides is 1. The fraction of sp³-hybridized carbons (Fsp3) is 0.0909. The normalized spacial score (nSPS) is 11.3. The molecule has 0 atom stereocenters. The molecule has 0 spiro atoms. The van der Waals surface area contributed by atoms with Gasteiger partial charge in [0.25, 0.3) is 5.91 Å². The van der Waals surface area contributed by atoms with E-state index in [9.17, 15) is 4.79 Å². The number of amidine groups is 1. The Balaban J connectivity index is 1.95. The molecule has 1 amide bonds. The number of nitrogens with two attached hydrogens (primary N) is 1. The van der Waals surface area contributed by atoms with Crippen LogP contribution in [0.1, 0.15) is 21.6 Å². The van der Waals surface area contributed by atoms with Crippen LogP contribution in [0, 0.1) is 0 Å². The second-order valence-electron chi connectivity index (χ2n) is 3.72. The van der Waals surface area contributed by atoms with Crippen LogP contribution in [-0.2, 0) is 6.54 Å². The summed E-state index contributed by atoms with van der Waals surface area (Å²) in [6.07, 6.45) is 1.34. The predicted molar refractivity (Wildman–Crippen MR) is 66.5 cm³/mol. The highest BCUT2D eigenvalue weighted by Gasteiger charge is 2.07. The summed E-state index contributed by atoms with van der Waals surface area (Å²) in [5.74, 6) is -0.271. The molecule has 0 unspecified atom stereocenters. The maximum Gasteiger partial charge on any atom is 0.273 e. The zero-order valence-corrected chi connectivity index (χ0v) is 9.87. The Hall–Kier alpha value is -2.90. The first-order valence-corrected chi connectivity index (χ1v) is 5.41. The van der Waals surface area contributed by atoms with Crippen molar-refractivity contribution >= 4 is 11.7 Å². The lowest BCUT2D eigenvalue weighted by Crippen LogP contribution is -2.23. The first kappa shape index (κ1) is 12.6. The molecule has 0 bridgehead atoms. The zero-order valence-electron chi connectivity index (χ0n) is 9.87. The average molecular weight is 260 g/mol. The minimum atomic E-state index is -0.311. The summed E-state index contributed by atoms with van der Waals surface area (Å²) in [6.45, 7) is 0.349. The smallest absolute Gasteiger partial charge is 0.273 e. The van der Waals surface area contributed by atoms with Crippen LogP contribution in [0.25, 0.3) is 0 Å². The van der Waals surface area contributed by atoms with Crippen LogP contribution in [0.15, 0.2) is 35.6 Å². The van der Waals surface area contributed by atoms with Crippen LogP contribution in [0.5, 0.6) is 0 Å².